The molecular formula is C8H12N2. The summed E-state index contributed by atoms with van der Waals surface area (Å²) in [6, 6.07) is 2.17. The van der Waals surface area contributed by atoms with Gasteiger partial charge in [0.1, 0.15) is 0 Å². The zero-order chi connectivity index (χ0) is 7.56. The van der Waals surface area contributed by atoms with Crippen LogP contribution in [-0.4, -0.2) is 6.04 Å². The zero-order valence-corrected chi connectivity index (χ0v) is 6.12. The second-order valence-corrected chi connectivity index (χ2v) is 2.91. The van der Waals surface area contributed by atoms with Gasteiger partial charge in [-0.15, -0.1) is 0 Å². The van der Waals surface area contributed by atoms with Crippen molar-refractivity contribution in [2.75, 3.05) is 0 Å². The highest BCUT2D eigenvalue weighted by Crippen LogP contribution is 2.21. The van der Waals surface area contributed by atoms with E-state index < -0.39 is 0 Å². The van der Waals surface area contributed by atoms with Crippen LogP contribution in [0.25, 0.3) is 0 Å². The number of allylic oxidation sites excluding steroid dienone is 1. The molecule has 2 heteroatoms. The van der Waals surface area contributed by atoms with E-state index in [0.29, 0.717) is 5.92 Å². The Kier molecular flexibility index (Phi) is 2.08. The van der Waals surface area contributed by atoms with Crippen molar-refractivity contribution in [2.45, 2.75) is 19.4 Å². The molecule has 0 bridgehead atoms. The van der Waals surface area contributed by atoms with Crippen molar-refractivity contribution < 1.29 is 0 Å². The Morgan fingerprint density at radius 1 is 1.60 bits per heavy atom. The third-order valence-electron chi connectivity index (χ3n) is 1.92. The molecule has 0 fully saturated rings. The van der Waals surface area contributed by atoms with E-state index in [1.54, 1.807) is 0 Å². The first-order valence-electron chi connectivity index (χ1n) is 3.57. The van der Waals surface area contributed by atoms with E-state index in [4.69, 9.17) is 11.0 Å². The fourth-order valence-corrected chi connectivity index (χ4v) is 1.23. The molecule has 0 saturated heterocycles. The Morgan fingerprint density at radius 3 is 2.80 bits per heavy atom. The molecule has 0 amide bonds. The fourth-order valence-electron chi connectivity index (χ4n) is 1.23. The third-order valence-corrected chi connectivity index (χ3v) is 1.92. The van der Waals surface area contributed by atoms with Gasteiger partial charge in [-0.05, 0) is 12.3 Å². The smallest absolute Gasteiger partial charge is 0.0675 e. The summed E-state index contributed by atoms with van der Waals surface area (Å²) in [5, 5.41) is 8.62. The lowest BCUT2D eigenvalue weighted by Crippen LogP contribution is -2.30. The number of hydrogen-bond acceptors (Lipinski definition) is 2. The molecule has 0 saturated carbocycles. The third kappa shape index (κ3) is 1.37. The predicted molar refractivity (Wildman–Crippen MR) is 40.0 cm³/mol. The molecule has 1 rings (SSSR count). The molecule has 0 aliphatic heterocycles. The second-order valence-electron chi connectivity index (χ2n) is 2.91. The van der Waals surface area contributed by atoms with E-state index in [1.807, 2.05) is 6.08 Å². The van der Waals surface area contributed by atoms with Crippen molar-refractivity contribution in [3.05, 3.63) is 12.2 Å². The van der Waals surface area contributed by atoms with Gasteiger partial charge in [0.2, 0.25) is 0 Å². The summed E-state index contributed by atoms with van der Waals surface area (Å²) in [6.45, 7) is 2.10. The van der Waals surface area contributed by atoms with Crippen LogP contribution in [0.2, 0.25) is 0 Å². The van der Waals surface area contributed by atoms with Gasteiger partial charge in [0, 0.05) is 6.04 Å². The van der Waals surface area contributed by atoms with Crippen LogP contribution >= 0.6 is 0 Å². The van der Waals surface area contributed by atoms with Crippen molar-refractivity contribution in [3.8, 4) is 6.07 Å². The molecule has 0 aromatic rings. The number of rotatable bonds is 0. The maximum Gasteiger partial charge on any atom is 0.0675 e. The lowest BCUT2D eigenvalue weighted by Gasteiger charge is -2.21. The van der Waals surface area contributed by atoms with Crippen LogP contribution in [0.4, 0.5) is 0 Å². The molecule has 0 heterocycles. The summed E-state index contributed by atoms with van der Waals surface area (Å²) in [5.74, 6) is 0.546. The zero-order valence-electron chi connectivity index (χ0n) is 6.12. The molecule has 10 heavy (non-hydrogen) atoms. The van der Waals surface area contributed by atoms with E-state index >= 15 is 0 Å². The normalized spacial score (nSPS) is 39.1. The Bertz CT molecular complexity index is 178. The molecular weight excluding hydrogens is 124 g/mol. The quantitative estimate of drug-likeness (QED) is 0.506. The van der Waals surface area contributed by atoms with Gasteiger partial charge in [-0.2, -0.15) is 5.26 Å². The van der Waals surface area contributed by atoms with Crippen molar-refractivity contribution in [1.29, 1.82) is 5.26 Å². The maximum absolute atomic E-state index is 8.62. The molecule has 54 valence electrons. The summed E-state index contributed by atoms with van der Waals surface area (Å²) >= 11 is 0. The Hall–Kier alpha value is -0.810. The predicted octanol–water partition coefficient (Wildman–Crippen LogP) is 1.05. The Balaban J connectivity index is 2.64. The minimum absolute atomic E-state index is 0.0278. The molecule has 1 aliphatic rings. The van der Waals surface area contributed by atoms with Crippen molar-refractivity contribution >= 4 is 0 Å². The molecule has 2 nitrogen and oxygen atoms in total. The maximum atomic E-state index is 8.62. The van der Waals surface area contributed by atoms with Crippen LogP contribution in [-0.2, 0) is 0 Å². The highest BCUT2D eigenvalue weighted by molar-refractivity contribution is 5.08. The van der Waals surface area contributed by atoms with Gasteiger partial charge in [0.05, 0.1) is 12.0 Å². The standard InChI is InChI=1S/C8H12N2/c1-6-2-3-8(10)7(4-6)5-9/h2-3,6-8H,4,10H2,1H3/t6-,7+,8+/m0/s1. The van der Waals surface area contributed by atoms with Gasteiger partial charge in [-0.1, -0.05) is 19.1 Å². The largest absolute Gasteiger partial charge is 0.323 e. The first-order valence-corrected chi connectivity index (χ1v) is 3.57. The molecule has 0 unspecified atom stereocenters. The van der Waals surface area contributed by atoms with Crippen LogP contribution in [0.15, 0.2) is 12.2 Å². The van der Waals surface area contributed by atoms with E-state index in [-0.39, 0.29) is 12.0 Å². The number of nitriles is 1. The average molecular weight is 136 g/mol. The van der Waals surface area contributed by atoms with Crippen LogP contribution in [0, 0.1) is 23.2 Å². The SMILES string of the molecule is C[C@H]1C=C[C@@H](N)[C@@H](C#N)C1. The number of hydrogen-bond donors (Lipinski definition) is 1. The fraction of sp³-hybridized carbons (Fsp3) is 0.625. The topological polar surface area (TPSA) is 49.8 Å². The molecule has 1 aliphatic carbocycles. The molecule has 2 N–H and O–H groups in total. The van der Waals surface area contributed by atoms with E-state index in [2.05, 4.69) is 19.1 Å². The Labute approximate surface area is 61.3 Å². The minimum Gasteiger partial charge on any atom is -0.323 e. The Morgan fingerprint density at radius 2 is 2.30 bits per heavy atom. The molecule has 0 radical (unpaired) electrons. The first kappa shape index (κ1) is 7.30. The van der Waals surface area contributed by atoms with Crippen LogP contribution < -0.4 is 5.73 Å². The minimum atomic E-state index is -0.0406. The van der Waals surface area contributed by atoms with Crippen molar-refractivity contribution in [3.63, 3.8) is 0 Å². The van der Waals surface area contributed by atoms with Crippen LogP contribution in [0.5, 0.6) is 0 Å². The van der Waals surface area contributed by atoms with Crippen LogP contribution in [0.3, 0.4) is 0 Å². The highest BCUT2D eigenvalue weighted by atomic mass is 14.6. The van der Waals surface area contributed by atoms with E-state index in [9.17, 15) is 0 Å². The van der Waals surface area contributed by atoms with E-state index in [1.165, 1.54) is 0 Å². The summed E-state index contributed by atoms with van der Waals surface area (Å²) in [7, 11) is 0. The monoisotopic (exact) mass is 136 g/mol. The second kappa shape index (κ2) is 2.85. The van der Waals surface area contributed by atoms with E-state index in [0.717, 1.165) is 6.42 Å². The summed E-state index contributed by atoms with van der Waals surface area (Å²) in [5.41, 5.74) is 5.64. The molecule has 0 aromatic heterocycles. The highest BCUT2D eigenvalue weighted by Gasteiger charge is 2.20. The summed E-state index contributed by atoms with van der Waals surface area (Å²) < 4.78 is 0. The lowest BCUT2D eigenvalue weighted by molar-refractivity contribution is 0.454. The van der Waals surface area contributed by atoms with Gasteiger partial charge < -0.3 is 5.73 Å². The van der Waals surface area contributed by atoms with Gasteiger partial charge in [0.25, 0.3) is 0 Å². The molecule has 3 atom stereocenters. The average Bonchev–Trinajstić information content (AvgIpc) is 1.94. The number of nitrogens with zero attached hydrogens (tertiary/aromatic N) is 1. The van der Waals surface area contributed by atoms with Gasteiger partial charge in [0.15, 0.2) is 0 Å². The van der Waals surface area contributed by atoms with Crippen LogP contribution in [0.1, 0.15) is 13.3 Å². The van der Waals surface area contributed by atoms with Gasteiger partial charge >= 0.3 is 0 Å². The number of nitrogens with two attached hydrogens (primary N) is 1. The van der Waals surface area contributed by atoms with Gasteiger partial charge in [-0.25, -0.2) is 0 Å². The summed E-state index contributed by atoms with van der Waals surface area (Å²) in [6.07, 6.45) is 4.93. The van der Waals surface area contributed by atoms with Crippen molar-refractivity contribution in [1.82, 2.24) is 0 Å². The lowest BCUT2D eigenvalue weighted by atomic mass is 9.85. The molecule has 0 spiro atoms. The van der Waals surface area contributed by atoms with Crippen molar-refractivity contribution in [2.24, 2.45) is 17.6 Å². The molecule has 0 aromatic carbocycles. The summed E-state index contributed by atoms with van der Waals surface area (Å²) in [4.78, 5) is 0. The first-order chi connectivity index (χ1) is 4.74. The van der Waals surface area contributed by atoms with Gasteiger partial charge in [-0.3, -0.25) is 0 Å².